The van der Waals surface area contributed by atoms with Crippen LogP contribution in [0, 0.1) is 0 Å². The topological polar surface area (TPSA) is 44.8 Å². The van der Waals surface area contributed by atoms with E-state index in [-0.39, 0.29) is 18.2 Å². The van der Waals surface area contributed by atoms with Crippen molar-refractivity contribution in [2.24, 2.45) is 0 Å². The molecule has 0 radical (unpaired) electrons. The lowest BCUT2D eigenvalue weighted by Crippen LogP contribution is -2.59. The number of hydrogen-bond acceptors (Lipinski definition) is 4. The van der Waals surface area contributed by atoms with E-state index in [1.54, 1.807) is 7.11 Å². The highest BCUT2D eigenvalue weighted by Crippen LogP contribution is 2.42. The number of rotatable bonds is 10. The third-order valence-corrected chi connectivity index (χ3v) is 6.41. The van der Waals surface area contributed by atoms with Crippen LogP contribution in [0.4, 0.5) is 0 Å². The number of ether oxygens (including phenoxy) is 3. The normalized spacial score (nSPS) is 20.8. The van der Waals surface area contributed by atoms with E-state index >= 15 is 0 Å². The van der Waals surface area contributed by atoms with Gasteiger partial charge in [0.2, 0.25) is 0 Å². The number of methoxy groups -OCH3 is 1. The predicted octanol–water partition coefficient (Wildman–Crippen LogP) is 5.49. The van der Waals surface area contributed by atoms with Crippen molar-refractivity contribution in [3.63, 3.8) is 0 Å². The Balaban J connectivity index is 1.45. The molecule has 1 saturated heterocycles. The highest BCUT2D eigenvalue weighted by atomic mass is 16.6. The summed E-state index contributed by atoms with van der Waals surface area (Å²) in [6, 6.07) is 28.3. The standard InChI is InChI=1S/C28H30O4/c1-28(23-11-7-4-8-12-23)26(32-27(28)29)19-25(18-13-21-9-5-3-6-10-21)31-20-22-14-16-24(30-2)17-15-22/h3-12,14-17,25-26H,13,18-20H2,1-2H3/t25-,26-,28-/m1/s1. The average Bonchev–Trinajstić information content (AvgIpc) is 2.86. The fourth-order valence-electron chi connectivity index (χ4n) is 4.23. The van der Waals surface area contributed by atoms with Gasteiger partial charge in [-0.1, -0.05) is 72.8 Å². The summed E-state index contributed by atoms with van der Waals surface area (Å²) in [4.78, 5) is 12.5. The maximum absolute atomic E-state index is 12.5. The van der Waals surface area contributed by atoms with Crippen molar-refractivity contribution in [3.05, 3.63) is 102 Å². The molecule has 32 heavy (non-hydrogen) atoms. The van der Waals surface area contributed by atoms with Crippen LogP contribution in [0.25, 0.3) is 0 Å². The summed E-state index contributed by atoms with van der Waals surface area (Å²) in [5.74, 6) is 0.667. The number of aryl methyl sites for hydroxylation is 1. The van der Waals surface area contributed by atoms with E-state index in [1.165, 1.54) is 5.56 Å². The first-order valence-corrected chi connectivity index (χ1v) is 11.1. The molecule has 0 spiro atoms. The Bertz CT molecular complexity index is 1000. The molecule has 1 aliphatic heterocycles. The summed E-state index contributed by atoms with van der Waals surface area (Å²) in [5.41, 5.74) is 2.74. The van der Waals surface area contributed by atoms with Crippen molar-refractivity contribution in [2.45, 2.75) is 50.4 Å². The van der Waals surface area contributed by atoms with Crippen LogP contribution in [0.1, 0.15) is 36.5 Å². The summed E-state index contributed by atoms with van der Waals surface area (Å²) in [6.07, 6.45) is 2.21. The number of cyclic esters (lactones) is 1. The molecule has 3 aromatic rings. The number of benzene rings is 3. The first-order valence-electron chi connectivity index (χ1n) is 11.1. The molecular formula is C28H30O4. The first-order chi connectivity index (χ1) is 15.6. The summed E-state index contributed by atoms with van der Waals surface area (Å²) >= 11 is 0. The molecular weight excluding hydrogens is 400 g/mol. The van der Waals surface area contributed by atoms with Gasteiger partial charge in [0.1, 0.15) is 17.3 Å². The Morgan fingerprint density at radius 3 is 2.19 bits per heavy atom. The number of esters is 1. The van der Waals surface area contributed by atoms with Gasteiger partial charge in [-0.25, -0.2) is 0 Å². The minimum Gasteiger partial charge on any atom is -0.497 e. The quantitative estimate of drug-likeness (QED) is 0.399. The summed E-state index contributed by atoms with van der Waals surface area (Å²) in [7, 11) is 1.66. The van der Waals surface area contributed by atoms with Crippen molar-refractivity contribution in [2.75, 3.05) is 7.11 Å². The van der Waals surface area contributed by atoms with Gasteiger partial charge < -0.3 is 14.2 Å². The van der Waals surface area contributed by atoms with Crippen LogP contribution < -0.4 is 4.74 Å². The SMILES string of the molecule is COc1ccc(CO[C@H](CCc2ccccc2)C[C@H]2OC(=O)[C@]2(C)c2ccccc2)cc1. The van der Waals surface area contributed by atoms with Crippen LogP contribution >= 0.6 is 0 Å². The van der Waals surface area contributed by atoms with Gasteiger partial charge >= 0.3 is 5.97 Å². The molecule has 0 aromatic heterocycles. The lowest BCUT2D eigenvalue weighted by Gasteiger charge is -2.46. The van der Waals surface area contributed by atoms with Crippen LogP contribution in [-0.2, 0) is 32.7 Å². The van der Waals surface area contributed by atoms with E-state index < -0.39 is 5.41 Å². The zero-order chi connectivity index (χ0) is 22.4. The van der Waals surface area contributed by atoms with E-state index in [9.17, 15) is 4.79 Å². The van der Waals surface area contributed by atoms with Gasteiger partial charge in [0.15, 0.2) is 0 Å². The molecule has 0 N–H and O–H groups in total. The molecule has 166 valence electrons. The van der Waals surface area contributed by atoms with Gasteiger partial charge in [-0.3, -0.25) is 4.79 Å². The number of hydrogen-bond donors (Lipinski definition) is 0. The van der Waals surface area contributed by atoms with E-state index in [0.29, 0.717) is 13.0 Å². The zero-order valence-corrected chi connectivity index (χ0v) is 18.7. The van der Waals surface area contributed by atoms with Crippen molar-refractivity contribution in [1.82, 2.24) is 0 Å². The van der Waals surface area contributed by atoms with Crippen molar-refractivity contribution in [3.8, 4) is 5.75 Å². The molecule has 4 heteroatoms. The lowest BCUT2D eigenvalue weighted by atomic mass is 9.71. The van der Waals surface area contributed by atoms with Crippen LogP contribution in [-0.4, -0.2) is 25.3 Å². The zero-order valence-electron chi connectivity index (χ0n) is 18.7. The van der Waals surface area contributed by atoms with Crippen LogP contribution in [0.5, 0.6) is 5.75 Å². The Labute approximate surface area is 190 Å². The van der Waals surface area contributed by atoms with E-state index in [2.05, 4.69) is 24.3 Å². The fourth-order valence-corrected chi connectivity index (χ4v) is 4.23. The Hall–Kier alpha value is -3.11. The summed E-state index contributed by atoms with van der Waals surface area (Å²) in [6.45, 7) is 2.49. The van der Waals surface area contributed by atoms with E-state index in [0.717, 1.165) is 29.7 Å². The molecule has 4 rings (SSSR count). The van der Waals surface area contributed by atoms with Gasteiger partial charge in [-0.2, -0.15) is 0 Å². The van der Waals surface area contributed by atoms with Gasteiger partial charge in [0, 0.05) is 6.42 Å². The maximum Gasteiger partial charge on any atom is 0.320 e. The Morgan fingerprint density at radius 2 is 1.56 bits per heavy atom. The van der Waals surface area contributed by atoms with Crippen molar-refractivity contribution >= 4 is 5.97 Å². The summed E-state index contributed by atoms with van der Waals surface area (Å²) < 4.78 is 17.2. The second-order valence-corrected chi connectivity index (χ2v) is 8.50. The molecule has 0 unspecified atom stereocenters. The Morgan fingerprint density at radius 1 is 0.906 bits per heavy atom. The second-order valence-electron chi connectivity index (χ2n) is 8.50. The highest BCUT2D eigenvalue weighted by Gasteiger charge is 2.55. The molecule has 1 heterocycles. The van der Waals surface area contributed by atoms with Crippen molar-refractivity contribution < 1.29 is 19.0 Å². The molecule has 0 bridgehead atoms. The molecule has 3 atom stereocenters. The number of carbonyl (C=O) groups is 1. The third kappa shape index (κ3) is 4.86. The van der Waals surface area contributed by atoms with Gasteiger partial charge in [-0.15, -0.1) is 0 Å². The monoisotopic (exact) mass is 430 g/mol. The van der Waals surface area contributed by atoms with Crippen LogP contribution in [0.3, 0.4) is 0 Å². The molecule has 4 nitrogen and oxygen atoms in total. The van der Waals surface area contributed by atoms with E-state index in [4.69, 9.17) is 14.2 Å². The molecule has 0 saturated carbocycles. The average molecular weight is 431 g/mol. The van der Waals surface area contributed by atoms with Gasteiger partial charge in [0.25, 0.3) is 0 Å². The smallest absolute Gasteiger partial charge is 0.320 e. The molecule has 0 aliphatic carbocycles. The van der Waals surface area contributed by atoms with Gasteiger partial charge in [0.05, 0.1) is 19.8 Å². The third-order valence-electron chi connectivity index (χ3n) is 6.41. The van der Waals surface area contributed by atoms with Crippen LogP contribution in [0.2, 0.25) is 0 Å². The molecule has 1 fully saturated rings. The first kappa shape index (κ1) is 22.1. The van der Waals surface area contributed by atoms with Gasteiger partial charge in [-0.05, 0) is 48.6 Å². The largest absolute Gasteiger partial charge is 0.497 e. The molecule has 0 amide bonds. The predicted molar refractivity (Wildman–Crippen MR) is 125 cm³/mol. The molecule has 1 aliphatic rings. The van der Waals surface area contributed by atoms with Crippen LogP contribution in [0.15, 0.2) is 84.9 Å². The minimum absolute atomic E-state index is 0.0292. The molecule has 3 aromatic carbocycles. The lowest BCUT2D eigenvalue weighted by molar-refractivity contribution is -0.194. The highest BCUT2D eigenvalue weighted by molar-refractivity contribution is 5.89. The Kier molecular flexibility index (Phi) is 6.91. The number of carbonyl (C=O) groups excluding carboxylic acids is 1. The van der Waals surface area contributed by atoms with Crippen molar-refractivity contribution in [1.29, 1.82) is 0 Å². The fraction of sp³-hybridized carbons (Fsp3) is 0.321. The second kappa shape index (κ2) is 10.0. The summed E-state index contributed by atoms with van der Waals surface area (Å²) in [5, 5.41) is 0. The maximum atomic E-state index is 12.5. The minimum atomic E-state index is -0.629. The van der Waals surface area contributed by atoms with E-state index in [1.807, 2.05) is 67.6 Å².